The van der Waals surface area contributed by atoms with Crippen LogP contribution in [0.4, 0.5) is 0 Å². The molecule has 0 unspecified atom stereocenters. The molecule has 1 saturated heterocycles. The molecule has 0 saturated carbocycles. The van der Waals surface area contributed by atoms with Gasteiger partial charge in [-0.2, -0.15) is 0 Å². The van der Waals surface area contributed by atoms with Gasteiger partial charge in [0.1, 0.15) is 23.4 Å². The molecule has 2 heterocycles. The fourth-order valence-corrected chi connectivity index (χ4v) is 3.55. The lowest BCUT2D eigenvalue weighted by atomic mass is 9.85. The van der Waals surface area contributed by atoms with Crippen LogP contribution in [-0.2, 0) is 23.9 Å². The minimum absolute atomic E-state index is 0.0207. The predicted octanol–water partition coefficient (Wildman–Crippen LogP) is 1.15. The van der Waals surface area contributed by atoms with Gasteiger partial charge in [0.15, 0.2) is 11.5 Å². The molecule has 2 rings (SSSR count). The third-order valence-electron chi connectivity index (χ3n) is 5.67. The van der Waals surface area contributed by atoms with Gasteiger partial charge in [-0.05, 0) is 31.6 Å². The molecule has 1 fully saturated rings. The lowest BCUT2D eigenvalue weighted by molar-refractivity contribution is -0.136. The monoisotopic (exact) mass is 494 g/mol. The quantitative estimate of drug-likeness (QED) is 0.366. The average Bonchev–Trinajstić information content (AvgIpc) is 3.35. The van der Waals surface area contributed by atoms with Gasteiger partial charge in [0.2, 0.25) is 11.8 Å². The fraction of sp³-hybridized carbons (Fsp3) is 0.708. The Morgan fingerprint density at radius 2 is 1.74 bits per heavy atom. The van der Waals surface area contributed by atoms with E-state index >= 15 is 0 Å². The van der Waals surface area contributed by atoms with Crippen molar-refractivity contribution >= 4 is 23.5 Å². The van der Waals surface area contributed by atoms with Crippen LogP contribution >= 0.6 is 0 Å². The van der Waals surface area contributed by atoms with Crippen LogP contribution in [0.3, 0.4) is 0 Å². The van der Waals surface area contributed by atoms with Gasteiger partial charge in [-0.3, -0.25) is 19.2 Å². The number of aryl methyl sites for hydroxylation is 1. The zero-order chi connectivity index (χ0) is 26.6. The predicted molar refractivity (Wildman–Crippen MR) is 127 cm³/mol. The Morgan fingerprint density at radius 3 is 2.20 bits per heavy atom. The second kappa shape index (κ2) is 11.3. The van der Waals surface area contributed by atoms with Gasteiger partial charge in [-0.15, -0.1) is 0 Å². The van der Waals surface area contributed by atoms with Crippen LogP contribution < -0.4 is 16.0 Å². The van der Waals surface area contributed by atoms with Crippen molar-refractivity contribution in [2.24, 2.45) is 11.3 Å². The number of nitrogens with one attached hydrogen (secondary N) is 3. The van der Waals surface area contributed by atoms with Crippen molar-refractivity contribution in [3.05, 3.63) is 17.5 Å². The highest BCUT2D eigenvalue weighted by molar-refractivity contribution is 5.99. The first-order valence-corrected chi connectivity index (χ1v) is 11.7. The van der Waals surface area contributed by atoms with Gasteiger partial charge < -0.3 is 29.9 Å². The molecule has 0 spiro atoms. The summed E-state index contributed by atoms with van der Waals surface area (Å²) in [5.74, 6) is -1.32. The molecule has 1 aliphatic rings. The summed E-state index contributed by atoms with van der Waals surface area (Å²) >= 11 is 0. The van der Waals surface area contributed by atoms with Crippen molar-refractivity contribution in [1.82, 2.24) is 21.1 Å². The number of ether oxygens (including phenoxy) is 2. The van der Waals surface area contributed by atoms with Crippen molar-refractivity contribution in [1.29, 1.82) is 0 Å². The van der Waals surface area contributed by atoms with Crippen molar-refractivity contribution in [2.45, 2.75) is 78.6 Å². The van der Waals surface area contributed by atoms with Crippen molar-refractivity contribution < 1.29 is 33.2 Å². The van der Waals surface area contributed by atoms with Crippen LogP contribution in [0.1, 0.15) is 64.2 Å². The molecule has 1 aromatic heterocycles. The number of hydrogen-bond acceptors (Lipinski definition) is 8. The van der Waals surface area contributed by atoms with Crippen molar-refractivity contribution in [3.63, 3.8) is 0 Å². The average molecular weight is 495 g/mol. The molecule has 3 N–H and O–H groups in total. The van der Waals surface area contributed by atoms with Crippen LogP contribution in [0, 0.1) is 18.3 Å². The smallest absolute Gasteiger partial charge is 0.274 e. The fourth-order valence-electron chi connectivity index (χ4n) is 3.55. The summed E-state index contributed by atoms with van der Waals surface area (Å²) in [5.41, 5.74) is -1.57. The second-order valence-corrected chi connectivity index (χ2v) is 10.7. The van der Waals surface area contributed by atoms with Gasteiger partial charge in [0, 0.05) is 13.2 Å². The summed E-state index contributed by atoms with van der Waals surface area (Å²) in [4.78, 5) is 51.9. The molecule has 4 atom stereocenters. The molecule has 196 valence electrons. The number of rotatable bonds is 12. The molecular weight excluding hydrogens is 456 g/mol. The zero-order valence-corrected chi connectivity index (χ0v) is 21.8. The normalized spacial score (nSPS) is 20.0. The molecule has 11 nitrogen and oxygen atoms in total. The van der Waals surface area contributed by atoms with Gasteiger partial charge in [0.25, 0.3) is 5.91 Å². The molecule has 1 aliphatic heterocycles. The maximum Gasteiger partial charge on any atom is 0.274 e. The minimum Gasteiger partial charge on any atom is -0.382 e. The van der Waals surface area contributed by atoms with E-state index < -0.39 is 46.9 Å². The number of carbonyl (C=O) groups excluding carboxylic acids is 4. The first kappa shape index (κ1) is 28.4. The van der Waals surface area contributed by atoms with Crippen LogP contribution in [-0.4, -0.2) is 72.7 Å². The van der Waals surface area contributed by atoms with E-state index in [9.17, 15) is 19.2 Å². The maximum absolute atomic E-state index is 13.3. The Morgan fingerprint density at radius 1 is 1.11 bits per heavy atom. The minimum atomic E-state index is -1.09. The largest absolute Gasteiger partial charge is 0.382 e. The molecule has 0 aromatic carbocycles. The van der Waals surface area contributed by atoms with E-state index in [1.54, 1.807) is 34.6 Å². The summed E-state index contributed by atoms with van der Waals surface area (Å²) in [5, 5.41) is 11.8. The SMILES string of the molecule is COC[C@H](NC(=O)c1cc(C)on1)C(=O)N[C@H](C(=O)N[C@@H](CC(C)C)C(=O)[C@]1(C)CO1)C(C)(C)C. The number of hydrogen-bond donors (Lipinski definition) is 3. The Labute approximate surface area is 206 Å². The van der Waals surface area contributed by atoms with E-state index in [1.165, 1.54) is 13.2 Å². The number of carbonyl (C=O) groups is 4. The van der Waals surface area contributed by atoms with Gasteiger partial charge in [-0.1, -0.05) is 39.8 Å². The standard InChI is InChI=1S/C24H38N4O7/c1-13(2)9-15(19(29)24(7)12-34-24)25-22(32)18(23(4,5)6)27-21(31)17(11-33-8)26-20(30)16-10-14(3)35-28-16/h10,13,15,17-18H,9,11-12H2,1-8H3,(H,25,32)(H,26,30)(H,27,31)/t15-,17-,18+,24-/m0/s1. The third-order valence-corrected chi connectivity index (χ3v) is 5.67. The highest BCUT2D eigenvalue weighted by atomic mass is 16.6. The lowest BCUT2D eigenvalue weighted by Crippen LogP contribution is -2.61. The molecule has 3 amide bonds. The number of Topliss-reactive ketones (excluding diaryl/α,β-unsaturated/α-hetero) is 1. The van der Waals surface area contributed by atoms with Gasteiger partial charge in [0.05, 0.1) is 19.3 Å². The number of nitrogens with zero attached hydrogens (tertiary/aromatic N) is 1. The van der Waals surface area contributed by atoms with Crippen LogP contribution in [0.5, 0.6) is 0 Å². The zero-order valence-electron chi connectivity index (χ0n) is 21.8. The first-order valence-electron chi connectivity index (χ1n) is 11.7. The maximum atomic E-state index is 13.3. The molecule has 1 aromatic rings. The van der Waals surface area contributed by atoms with E-state index in [1.807, 2.05) is 13.8 Å². The van der Waals surface area contributed by atoms with E-state index in [4.69, 9.17) is 14.0 Å². The lowest BCUT2D eigenvalue weighted by Gasteiger charge is -2.33. The highest BCUT2D eigenvalue weighted by Crippen LogP contribution is 2.30. The number of aromatic nitrogens is 1. The Kier molecular flexibility index (Phi) is 9.18. The number of amides is 3. The Hall–Kier alpha value is -2.79. The number of epoxide rings is 1. The first-order chi connectivity index (χ1) is 16.2. The summed E-state index contributed by atoms with van der Waals surface area (Å²) < 4.78 is 15.3. The van der Waals surface area contributed by atoms with Crippen LogP contribution in [0.2, 0.25) is 0 Å². The number of ketones is 1. The summed E-state index contributed by atoms with van der Waals surface area (Å²) in [6.45, 7) is 12.8. The van der Waals surface area contributed by atoms with Gasteiger partial charge >= 0.3 is 0 Å². The van der Waals surface area contributed by atoms with E-state index in [0.29, 0.717) is 18.8 Å². The third kappa shape index (κ3) is 7.86. The van der Waals surface area contributed by atoms with Crippen LogP contribution in [0.25, 0.3) is 0 Å². The summed E-state index contributed by atoms with van der Waals surface area (Å²) in [7, 11) is 1.39. The Balaban J connectivity index is 2.16. The molecule has 0 radical (unpaired) electrons. The topological polar surface area (TPSA) is 152 Å². The summed E-state index contributed by atoms with van der Waals surface area (Å²) in [6.07, 6.45) is 0.438. The molecule has 0 bridgehead atoms. The molecule has 35 heavy (non-hydrogen) atoms. The van der Waals surface area contributed by atoms with E-state index in [0.717, 1.165) is 0 Å². The van der Waals surface area contributed by atoms with E-state index in [2.05, 4.69) is 21.1 Å². The van der Waals surface area contributed by atoms with Crippen LogP contribution in [0.15, 0.2) is 10.6 Å². The van der Waals surface area contributed by atoms with Gasteiger partial charge in [-0.25, -0.2) is 0 Å². The molecule has 0 aliphatic carbocycles. The van der Waals surface area contributed by atoms with Crippen molar-refractivity contribution in [2.75, 3.05) is 20.3 Å². The second-order valence-electron chi connectivity index (χ2n) is 10.7. The highest BCUT2D eigenvalue weighted by Gasteiger charge is 2.50. The Bertz CT molecular complexity index is 931. The summed E-state index contributed by atoms with van der Waals surface area (Å²) in [6, 6.07) is -1.38. The van der Waals surface area contributed by atoms with E-state index in [-0.39, 0.29) is 24.0 Å². The molecule has 11 heteroatoms. The number of methoxy groups -OCH3 is 1. The molecular formula is C24H38N4O7. The van der Waals surface area contributed by atoms with Crippen molar-refractivity contribution in [3.8, 4) is 0 Å².